The van der Waals surface area contributed by atoms with E-state index in [1.165, 1.54) is 12.3 Å². The lowest BCUT2D eigenvalue weighted by Crippen LogP contribution is -2.44. The van der Waals surface area contributed by atoms with Gasteiger partial charge in [-0.25, -0.2) is 32.9 Å². The molecule has 3 aromatic rings. The van der Waals surface area contributed by atoms with Crippen molar-refractivity contribution in [3.05, 3.63) is 41.2 Å². The van der Waals surface area contributed by atoms with E-state index in [9.17, 15) is 23.5 Å². The number of carbonyl (C=O) groups excluding carboxylic acids is 1. The molecule has 0 radical (unpaired) electrons. The third kappa shape index (κ3) is 5.67. The molecule has 12 heteroatoms. The first-order chi connectivity index (χ1) is 16.9. The molecule has 1 aliphatic carbocycles. The highest BCUT2D eigenvalue weighted by atomic mass is 35.5. The van der Waals surface area contributed by atoms with Gasteiger partial charge in [-0.05, 0) is 58.6 Å². The van der Waals surface area contributed by atoms with Crippen LogP contribution in [0.3, 0.4) is 0 Å². The number of ether oxygens (including phenoxy) is 1. The number of benzene rings is 1. The van der Waals surface area contributed by atoms with Crippen molar-refractivity contribution in [3.8, 4) is 11.4 Å². The van der Waals surface area contributed by atoms with Gasteiger partial charge in [-0.1, -0.05) is 11.6 Å². The monoisotopic (exact) mass is 521 g/mol. The van der Waals surface area contributed by atoms with Crippen LogP contribution in [0.15, 0.2) is 24.5 Å². The summed E-state index contributed by atoms with van der Waals surface area (Å²) >= 11 is 5.99. The number of rotatable bonds is 4. The van der Waals surface area contributed by atoms with Crippen LogP contribution in [0.4, 0.5) is 24.2 Å². The van der Waals surface area contributed by atoms with Gasteiger partial charge in [0.05, 0.1) is 11.7 Å². The van der Waals surface area contributed by atoms with Crippen LogP contribution in [-0.2, 0) is 4.74 Å². The Hall–Kier alpha value is -3.47. The molecule has 1 saturated carbocycles. The van der Waals surface area contributed by atoms with Crippen LogP contribution in [0.2, 0.25) is 5.02 Å². The maximum absolute atomic E-state index is 14.7. The van der Waals surface area contributed by atoms with Gasteiger partial charge in [-0.3, -0.25) is 0 Å². The largest absolute Gasteiger partial charge is 0.464 e. The van der Waals surface area contributed by atoms with E-state index in [0.29, 0.717) is 11.0 Å². The number of fused-ring (bicyclic) bond motifs is 1. The summed E-state index contributed by atoms with van der Waals surface area (Å²) in [5.41, 5.74) is -0.633. The van der Waals surface area contributed by atoms with Crippen molar-refractivity contribution in [2.24, 2.45) is 0 Å². The van der Waals surface area contributed by atoms with E-state index < -0.39 is 29.4 Å². The average Bonchev–Trinajstić information content (AvgIpc) is 3.14. The molecular formula is C24H26ClF2N5O4. The Bertz CT molecular complexity index is 1320. The Morgan fingerprint density at radius 1 is 1.19 bits per heavy atom. The predicted molar refractivity (Wildman–Crippen MR) is 130 cm³/mol. The molecule has 0 saturated heterocycles. The molecule has 4 rings (SSSR count). The van der Waals surface area contributed by atoms with Gasteiger partial charge in [0.2, 0.25) is 0 Å². The second kappa shape index (κ2) is 9.88. The topological polar surface area (TPSA) is 118 Å². The summed E-state index contributed by atoms with van der Waals surface area (Å²) < 4.78 is 35.2. The van der Waals surface area contributed by atoms with Crippen molar-refractivity contribution < 1.29 is 28.2 Å². The molecule has 2 aromatic heterocycles. The molecule has 1 aliphatic rings. The summed E-state index contributed by atoms with van der Waals surface area (Å²) in [5, 5.41) is 15.7. The van der Waals surface area contributed by atoms with Gasteiger partial charge in [0, 0.05) is 34.3 Å². The summed E-state index contributed by atoms with van der Waals surface area (Å²) in [6.07, 6.45) is 3.03. The van der Waals surface area contributed by atoms with Crippen molar-refractivity contribution in [2.45, 2.75) is 64.1 Å². The van der Waals surface area contributed by atoms with Crippen LogP contribution in [0.5, 0.6) is 0 Å². The van der Waals surface area contributed by atoms with Crippen LogP contribution in [0.25, 0.3) is 22.3 Å². The normalized spacial score (nSPS) is 18.2. The van der Waals surface area contributed by atoms with E-state index in [1.54, 1.807) is 20.8 Å². The fourth-order valence-corrected chi connectivity index (χ4v) is 4.53. The Morgan fingerprint density at radius 3 is 2.61 bits per heavy atom. The Morgan fingerprint density at radius 2 is 1.92 bits per heavy atom. The van der Waals surface area contributed by atoms with Gasteiger partial charge in [0.1, 0.15) is 11.4 Å². The molecule has 36 heavy (non-hydrogen) atoms. The van der Waals surface area contributed by atoms with E-state index in [-0.39, 0.29) is 45.2 Å². The number of anilines is 1. The van der Waals surface area contributed by atoms with E-state index >= 15 is 0 Å². The number of nitrogens with zero attached hydrogens (tertiary/aromatic N) is 3. The summed E-state index contributed by atoms with van der Waals surface area (Å²) in [7, 11) is 0. The fraction of sp³-hybridized carbons (Fsp3) is 0.417. The SMILES string of the molecule is CC(C)(C)OC(=O)N[C@@H]1CCC[C@H](Nc2nc(-c3cn(C(=O)O)c4c(F)cc(Cl)cc34)ncc2F)C1. The Balaban J connectivity index is 1.58. The number of halogens is 3. The molecule has 0 bridgehead atoms. The summed E-state index contributed by atoms with van der Waals surface area (Å²) in [5.74, 6) is -1.60. The number of carbonyl (C=O) groups is 2. The lowest BCUT2D eigenvalue weighted by Gasteiger charge is -2.31. The average molecular weight is 522 g/mol. The number of amides is 1. The molecule has 0 aliphatic heterocycles. The lowest BCUT2D eigenvalue weighted by atomic mass is 9.91. The molecule has 3 N–H and O–H groups in total. The van der Waals surface area contributed by atoms with Gasteiger partial charge >= 0.3 is 12.2 Å². The van der Waals surface area contributed by atoms with E-state index in [1.807, 2.05) is 0 Å². The van der Waals surface area contributed by atoms with Gasteiger partial charge in [0.15, 0.2) is 17.5 Å². The van der Waals surface area contributed by atoms with E-state index in [0.717, 1.165) is 31.5 Å². The quantitative estimate of drug-likeness (QED) is 0.397. The molecule has 192 valence electrons. The molecule has 2 heterocycles. The minimum atomic E-state index is -1.40. The number of nitrogens with one attached hydrogen (secondary N) is 2. The Labute approximate surface area is 210 Å². The zero-order valence-electron chi connectivity index (χ0n) is 19.9. The first-order valence-electron chi connectivity index (χ1n) is 11.4. The third-order valence-corrected chi connectivity index (χ3v) is 5.96. The second-order valence-electron chi connectivity index (χ2n) is 9.72. The molecule has 1 aromatic carbocycles. The molecule has 1 amide bonds. The third-order valence-electron chi connectivity index (χ3n) is 5.74. The van der Waals surface area contributed by atoms with Crippen molar-refractivity contribution in [2.75, 3.05) is 5.32 Å². The van der Waals surface area contributed by atoms with Crippen LogP contribution < -0.4 is 10.6 Å². The number of carboxylic acid groups (broad SMARTS) is 1. The number of aromatic nitrogens is 3. The van der Waals surface area contributed by atoms with Crippen LogP contribution in [0, 0.1) is 11.6 Å². The maximum atomic E-state index is 14.7. The summed E-state index contributed by atoms with van der Waals surface area (Å²) in [6.45, 7) is 5.34. The minimum absolute atomic E-state index is 0.00445. The molecular weight excluding hydrogens is 496 g/mol. The smallest absolute Gasteiger partial charge is 0.416 e. The van der Waals surface area contributed by atoms with E-state index in [4.69, 9.17) is 16.3 Å². The van der Waals surface area contributed by atoms with Gasteiger partial charge < -0.3 is 20.5 Å². The van der Waals surface area contributed by atoms with Crippen LogP contribution in [-0.4, -0.2) is 49.5 Å². The van der Waals surface area contributed by atoms with Crippen LogP contribution in [0.1, 0.15) is 46.5 Å². The minimum Gasteiger partial charge on any atom is -0.464 e. The molecule has 0 unspecified atom stereocenters. The molecule has 2 atom stereocenters. The van der Waals surface area contributed by atoms with Gasteiger partial charge in [-0.15, -0.1) is 0 Å². The number of hydrogen-bond acceptors (Lipinski definition) is 6. The standard InChI is InChI=1S/C24H26ClF2N5O4/c1-24(2,3)36-22(33)30-14-6-4-5-13(9-14)29-21-18(27)10-28-20(31-21)16-11-32(23(34)35)19-15(16)7-12(25)8-17(19)26/h7-8,10-11,13-14H,4-6,9H2,1-3H3,(H,30,33)(H,34,35)(H,28,29,31)/t13-,14+/m0/s1. The molecule has 1 fully saturated rings. The number of hydrogen-bond donors (Lipinski definition) is 3. The summed E-state index contributed by atoms with van der Waals surface area (Å²) in [4.78, 5) is 32.1. The summed E-state index contributed by atoms with van der Waals surface area (Å²) in [6, 6.07) is 2.07. The lowest BCUT2D eigenvalue weighted by molar-refractivity contribution is 0.0492. The maximum Gasteiger partial charge on any atom is 0.416 e. The first-order valence-corrected chi connectivity index (χ1v) is 11.8. The number of alkyl carbamates (subject to hydrolysis) is 1. The zero-order valence-corrected chi connectivity index (χ0v) is 20.7. The van der Waals surface area contributed by atoms with Crippen molar-refractivity contribution in [1.29, 1.82) is 0 Å². The van der Waals surface area contributed by atoms with Crippen molar-refractivity contribution in [1.82, 2.24) is 19.9 Å². The second-order valence-corrected chi connectivity index (χ2v) is 10.2. The van der Waals surface area contributed by atoms with Gasteiger partial charge in [-0.2, -0.15) is 0 Å². The van der Waals surface area contributed by atoms with Crippen molar-refractivity contribution in [3.63, 3.8) is 0 Å². The highest BCUT2D eigenvalue weighted by Crippen LogP contribution is 2.34. The predicted octanol–water partition coefficient (Wildman–Crippen LogP) is 5.80. The van der Waals surface area contributed by atoms with Crippen LogP contribution >= 0.6 is 11.6 Å². The van der Waals surface area contributed by atoms with Crippen molar-refractivity contribution >= 4 is 40.5 Å². The van der Waals surface area contributed by atoms with Gasteiger partial charge in [0.25, 0.3) is 0 Å². The first kappa shape index (κ1) is 25.6. The van der Waals surface area contributed by atoms with E-state index in [2.05, 4.69) is 20.6 Å². The molecule has 0 spiro atoms. The highest BCUT2D eigenvalue weighted by Gasteiger charge is 2.27. The molecule has 9 nitrogen and oxygen atoms in total. The highest BCUT2D eigenvalue weighted by molar-refractivity contribution is 6.31. The zero-order chi connectivity index (χ0) is 26.2. The fourth-order valence-electron chi connectivity index (χ4n) is 4.33. The Kier molecular flexibility index (Phi) is 7.03.